The van der Waals surface area contributed by atoms with E-state index in [0.717, 1.165) is 0 Å². The maximum Gasteiger partial charge on any atom is 0.0277 e. The summed E-state index contributed by atoms with van der Waals surface area (Å²) in [7, 11) is 0. The molecule has 1 unspecified atom stereocenters. The highest BCUT2D eigenvalue weighted by molar-refractivity contribution is 7.99. The summed E-state index contributed by atoms with van der Waals surface area (Å²) in [6, 6.07) is 0. The van der Waals surface area contributed by atoms with Crippen LogP contribution in [0.2, 0.25) is 0 Å². The van der Waals surface area contributed by atoms with Gasteiger partial charge in [-0.1, -0.05) is 13.8 Å². The van der Waals surface area contributed by atoms with Gasteiger partial charge >= 0.3 is 0 Å². The normalized spacial score (nSPS) is 27.9. The minimum Gasteiger partial charge on any atom is -0.310 e. The average Bonchev–Trinajstić information content (AvgIpc) is 2.47. The molecule has 16 heavy (non-hydrogen) atoms. The third kappa shape index (κ3) is 5.07. The van der Waals surface area contributed by atoms with E-state index in [-0.39, 0.29) is 0 Å². The zero-order valence-electron chi connectivity index (χ0n) is 11.2. The molecule has 0 aromatic heterocycles. The fourth-order valence-electron chi connectivity index (χ4n) is 2.28. The lowest BCUT2D eigenvalue weighted by Gasteiger charge is -2.32. The van der Waals surface area contributed by atoms with Crippen LogP contribution in [0.1, 0.15) is 40.0 Å². The lowest BCUT2D eigenvalue weighted by molar-refractivity contribution is 0.216. The molecule has 1 fully saturated rings. The van der Waals surface area contributed by atoms with Gasteiger partial charge in [0, 0.05) is 12.1 Å². The smallest absolute Gasteiger partial charge is 0.0277 e. The molecule has 0 saturated carbocycles. The zero-order valence-corrected chi connectivity index (χ0v) is 12.0. The van der Waals surface area contributed by atoms with Crippen molar-refractivity contribution in [2.75, 3.05) is 37.7 Å². The summed E-state index contributed by atoms with van der Waals surface area (Å²) >= 11 is 2.07. The highest BCUT2D eigenvalue weighted by atomic mass is 32.2. The third-order valence-electron chi connectivity index (χ3n) is 3.52. The molecule has 0 aliphatic carbocycles. The summed E-state index contributed by atoms with van der Waals surface area (Å²) < 4.78 is 0. The van der Waals surface area contributed by atoms with Crippen LogP contribution in [0.25, 0.3) is 0 Å². The first-order valence-electron chi connectivity index (χ1n) is 6.75. The molecule has 0 radical (unpaired) electrons. The molecule has 1 saturated heterocycles. The van der Waals surface area contributed by atoms with Crippen molar-refractivity contribution >= 4 is 11.8 Å². The SMILES string of the molecule is CCSCCCN1CCCNC(C)(CC)C1. The van der Waals surface area contributed by atoms with Crippen LogP contribution in [0.15, 0.2) is 0 Å². The number of nitrogens with zero attached hydrogens (tertiary/aromatic N) is 1. The fourth-order valence-corrected chi connectivity index (χ4v) is 2.91. The van der Waals surface area contributed by atoms with Crippen LogP contribution in [-0.2, 0) is 0 Å². The molecule has 1 N–H and O–H groups in total. The topological polar surface area (TPSA) is 15.3 Å². The van der Waals surface area contributed by atoms with Crippen molar-refractivity contribution in [2.24, 2.45) is 0 Å². The first-order valence-corrected chi connectivity index (χ1v) is 7.91. The minimum absolute atomic E-state index is 0.342. The molecule has 1 aliphatic rings. The average molecular weight is 244 g/mol. The number of rotatable bonds is 6. The molecule has 96 valence electrons. The molecule has 0 spiro atoms. The predicted octanol–water partition coefficient (Wildman–Crippen LogP) is 2.59. The van der Waals surface area contributed by atoms with Crippen molar-refractivity contribution in [3.8, 4) is 0 Å². The van der Waals surface area contributed by atoms with Crippen molar-refractivity contribution < 1.29 is 0 Å². The number of hydrogen-bond acceptors (Lipinski definition) is 3. The molecule has 0 aromatic rings. The molecule has 3 heteroatoms. The fraction of sp³-hybridized carbons (Fsp3) is 1.00. The molecule has 1 aliphatic heterocycles. The highest BCUT2D eigenvalue weighted by Crippen LogP contribution is 2.15. The summed E-state index contributed by atoms with van der Waals surface area (Å²) in [5.41, 5.74) is 0.342. The van der Waals surface area contributed by atoms with Crippen LogP contribution in [0.4, 0.5) is 0 Å². The first kappa shape index (κ1) is 14.3. The van der Waals surface area contributed by atoms with Crippen LogP contribution < -0.4 is 5.32 Å². The molecule has 2 nitrogen and oxygen atoms in total. The van der Waals surface area contributed by atoms with Gasteiger partial charge in [0.15, 0.2) is 0 Å². The largest absolute Gasteiger partial charge is 0.310 e. The molecule has 0 aromatic carbocycles. The van der Waals surface area contributed by atoms with Crippen molar-refractivity contribution in [2.45, 2.75) is 45.6 Å². The van der Waals surface area contributed by atoms with E-state index in [4.69, 9.17) is 0 Å². The quantitative estimate of drug-likeness (QED) is 0.723. The van der Waals surface area contributed by atoms with Crippen molar-refractivity contribution in [1.82, 2.24) is 10.2 Å². The summed E-state index contributed by atoms with van der Waals surface area (Å²) in [5.74, 6) is 2.58. The standard InChI is InChI=1S/C13H28N2S/c1-4-13(3)12-15(9-6-8-14-13)10-7-11-16-5-2/h14H,4-12H2,1-3H3. The summed E-state index contributed by atoms with van der Waals surface area (Å²) in [4.78, 5) is 2.65. The Hall–Kier alpha value is 0.270. The molecular formula is C13H28N2S. The van der Waals surface area contributed by atoms with E-state index >= 15 is 0 Å². The monoisotopic (exact) mass is 244 g/mol. The molecular weight excluding hydrogens is 216 g/mol. The van der Waals surface area contributed by atoms with E-state index in [1.807, 2.05) is 0 Å². The second-order valence-electron chi connectivity index (χ2n) is 5.02. The van der Waals surface area contributed by atoms with E-state index < -0.39 is 0 Å². The van der Waals surface area contributed by atoms with Crippen LogP contribution in [0.3, 0.4) is 0 Å². The van der Waals surface area contributed by atoms with Gasteiger partial charge in [0.25, 0.3) is 0 Å². The molecule has 0 bridgehead atoms. The van der Waals surface area contributed by atoms with Gasteiger partial charge in [-0.2, -0.15) is 11.8 Å². The van der Waals surface area contributed by atoms with Gasteiger partial charge in [0.2, 0.25) is 0 Å². The Morgan fingerprint density at radius 3 is 2.88 bits per heavy atom. The van der Waals surface area contributed by atoms with Crippen molar-refractivity contribution in [3.63, 3.8) is 0 Å². The highest BCUT2D eigenvalue weighted by Gasteiger charge is 2.26. The van der Waals surface area contributed by atoms with Crippen molar-refractivity contribution in [1.29, 1.82) is 0 Å². The Morgan fingerprint density at radius 2 is 2.19 bits per heavy atom. The molecule has 1 heterocycles. The molecule has 1 atom stereocenters. The van der Waals surface area contributed by atoms with Crippen molar-refractivity contribution in [3.05, 3.63) is 0 Å². The maximum absolute atomic E-state index is 3.69. The van der Waals surface area contributed by atoms with Gasteiger partial charge in [-0.15, -0.1) is 0 Å². The Kier molecular flexibility index (Phi) is 6.78. The van der Waals surface area contributed by atoms with E-state index in [0.29, 0.717) is 5.54 Å². The van der Waals surface area contributed by atoms with Gasteiger partial charge in [0.05, 0.1) is 0 Å². The molecule has 1 rings (SSSR count). The number of hydrogen-bond donors (Lipinski definition) is 1. The van der Waals surface area contributed by atoms with Crippen LogP contribution in [0.5, 0.6) is 0 Å². The Balaban J connectivity index is 2.28. The summed E-state index contributed by atoms with van der Waals surface area (Å²) in [5, 5.41) is 3.69. The molecule has 0 amide bonds. The van der Waals surface area contributed by atoms with E-state index in [9.17, 15) is 0 Å². The first-order chi connectivity index (χ1) is 7.70. The maximum atomic E-state index is 3.69. The Bertz CT molecular complexity index is 187. The number of thioether (sulfide) groups is 1. The lowest BCUT2D eigenvalue weighted by Crippen LogP contribution is -2.48. The summed E-state index contributed by atoms with van der Waals surface area (Å²) in [6.45, 7) is 11.9. The third-order valence-corrected chi connectivity index (χ3v) is 4.51. The van der Waals surface area contributed by atoms with Gasteiger partial charge < -0.3 is 10.2 Å². The van der Waals surface area contributed by atoms with Gasteiger partial charge in [0.1, 0.15) is 0 Å². The van der Waals surface area contributed by atoms with Crippen LogP contribution in [-0.4, -0.2) is 48.1 Å². The van der Waals surface area contributed by atoms with Gasteiger partial charge in [-0.05, 0) is 57.3 Å². The van der Waals surface area contributed by atoms with Gasteiger partial charge in [-0.3, -0.25) is 0 Å². The van der Waals surface area contributed by atoms with E-state index in [1.165, 1.54) is 56.9 Å². The summed E-state index contributed by atoms with van der Waals surface area (Å²) in [6.07, 6.45) is 3.88. The lowest BCUT2D eigenvalue weighted by atomic mass is 9.98. The second-order valence-corrected chi connectivity index (χ2v) is 6.42. The minimum atomic E-state index is 0.342. The Labute approximate surface area is 106 Å². The number of nitrogens with one attached hydrogen (secondary N) is 1. The van der Waals surface area contributed by atoms with Gasteiger partial charge in [-0.25, -0.2) is 0 Å². The van der Waals surface area contributed by atoms with Crippen LogP contribution >= 0.6 is 11.8 Å². The van der Waals surface area contributed by atoms with E-state index in [2.05, 4.69) is 42.7 Å². The Morgan fingerprint density at radius 1 is 1.38 bits per heavy atom. The van der Waals surface area contributed by atoms with Crippen LogP contribution in [0, 0.1) is 0 Å². The predicted molar refractivity (Wildman–Crippen MR) is 75.4 cm³/mol. The second kappa shape index (κ2) is 7.57. The van der Waals surface area contributed by atoms with E-state index in [1.54, 1.807) is 0 Å². The zero-order chi connectivity index (χ0) is 11.9.